The van der Waals surface area contributed by atoms with Crippen LogP contribution < -0.4 is 10.3 Å². The lowest BCUT2D eigenvalue weighted by molar-refractivity contribution is 0.412. The average molecular weight is 326 g/mol. The summed E-state index contributed by atoms with van der Waals surface area (Å²) in [6.07, 6.45) is 1.82. The number of hydrogen-bond acceptors (Lipinski definition) is 4. The van der Waals surface area contributed by atoms with E-state index in [0.29, 0.717) is 6.54 Å². The Hall–Kier alpha value is -2.40. The Balaban J connectivity index is 1.85. The second-order valence-corrected chi connectivity index (χ2v) is 6.42. The van der Waals surface area contributed by atoms with Crippen molar-refractivity contribution in [2.45, 2.75) is 20.4 Å². The van der Waals surface area contributed by atoms with Crippen molar-refractivity contribution in [3.05, 3.63) is 68.4 Å². The highest BCUT2D eigenvalue weighted by Gasteiger charge is 2.08. The number of pyridine rings is 1. The summed E-state index contributed by atoms with van der Waals surface area (Å²) in [6, 6.07) is 9.59. The van der Waals surface area contributed by atoms with Gasteiger partial charge in [0.25, 0.3) is 5.56 Å². The molecule has 2 heterocycles. The summed E-state index contributed by atoms with van der Waals surface area (Å²) in [7, 11) is 1.67. The predicted molar refractivity (Wildman–Crippen MR) is 93.4 cm³/mol. The van der Waals surface area contributed by atoms with Crippen molar-refractivity contribution >= 4 is 11.3 Å². The van der Waals surface area contributed by atoms with Gasteiger partial charge in [-0.25, -0.2) is 4.98 Å². The van der Waals surface area contributed by atoms with Crippen molar-refractivity contribution in [1.29, 1.82) is 0 Å². The van der Waals surface area contributed by atoms with Gasteiger partial charge < -0.3 is 9.30 Å². The van der Waals surface area contributed by atoms with Crippen LogP contribution in [0.25, 0.3) is 11.3 Å². The lowest BCUT2D eigenvalue weighted by Crippen LogP contribution is -2.19. The molecule has 0 N–H and O–H groups in total. The number of hydrogen-bond donors (Lipinski definition) is 0. The van der Waals surface area contributed by atoms with E-state index in [-0.39, 0.29) is 5.56 Å². The van der Waals surface area contributed by atoms with E-state index in [2.05, 4.69) is 11.1 Å². The zero-order chi connectivity index (χ0) is 16.4. The van der Waals surface area contributed by atoms with Gasteiger partial charge >= 0.3 is 0 Å². The minimum Gasteiger partial charge on any atom is -0.496 e. The molecule has 0 fully saturated rings. The van der Waals surface area contributed by atoms with Gasteiger partial charge in [-0.15, -0.1) is 11.3 Å². The van der Waals surface area contributed by atoms with Crippen molar-refractivity contribution in [2.75, 3.05) is 7.11 Å². The van der Waals surface area contributed by atoms with Crippen molar-refractivity contribution < 1.29 is 4.74 Å². The predicted octanol–water partition coefficient (Wildman–Crippen LogP) is 3.65. The number of thiazole rings is 1. The second kappa shape index (κ2) is 6.38. The maximum atomic E-state index is 12.0. The molecule has 0 atom stereocenters. The van der Waals surface area contributed by atoms with Gasteiger partial charge in [0.1, 0.15) is 10.8 Å². The van der Waals surface area contributed by atoms with Crippen LogP contribution in [0.2, 0.25) is 0 Å². The lowest BCUT2D eigenvalue weighted by atomic mass is 10.1. The Bertz CT molecular complexity index is 896. The minimum atomic E-state index is 0.00189. The molecule has 23 heavy (non-hydrogen) atoms. The van der Waals surface area contributed by atoms with Crippen LogP contribution >= 0.6 is 11.3 Å². The Morgan fingerprint density at radius 3 is 2.74 bits per heavy atom. The highest BCUT2D eigenvalue weighted by Crippen LogP contribution is 2.27. The van der Waals surface area contributed by atoms with Gasteiger partial charge in [-0.05, 0) is 49.2 Å². The molecule has 0 saturated heterocycles. The van der Waals surface area contributed by atoms with Crippen LogP contribution in [0.5, 0.6) is 5.75 Å². The molecule has 0 amide bonds. The minimum absolute atomic E-state index is 0.00189. The van der Waals surface area contributed by atoms with Crippen LogP contribution in [0.3, 0.4) is 0 Å². The first-order chi connectivity index (χ1) is 11.1. The lowest BCUT2D eigenvalue weighted by Gasteiger charge is -2.06. The zero-order valence-corrected chi connectivity index (χ0v) is 14.2. The molecule has 0 aliphatic rings. The Morgan fingerprint density at radius 1 is 1.22 bits per heavy atom. The maximum absolute atomic E-state index is 12.0. The summed E-state index contributed by atoms with van der Waals surface area (Å²) >= 11 is 1.57. The number of aromatic nitrogens is 2. The molecule has 0 saturated carbocycles. The van der Waals surface area contributed by atoms with Crippen molar-refractivity contribution in [3.63, 3.8) is 0 Å². The van der Waals surface area contributed by atoms with Crippen molar-refractivity contribution in [2.24, 2.45) is 0 Å². The summed E-state index contributed by atoms with van der Waals surface area (Å²) < 4.78 is 6.96. The molecule has 3 aromatic rings. The molecule has 0 spiro atoms. The Kier molecular flexibility index (Phi) is 4.30. The Labute approximate surface area is 139 Å². The van der Waals surface area contributed by atoms with Crippen LogP contribution in [-0.2, 0) is 6.54 Å². The van der Waals surface area contributed by atoms with E-state index in [1.54, 1.807) is 29.1 Å². The van der Waals surface area contributed by atoms with Gasteiger partial charge in [0, 0.05) is 23.2 Å². The fraction of sp³-hybridized carbons (Fsp3) is 0.222. The van der Waals surface area contributed by atoms with Gasteiger partial charge in [0.2, 0.25) is 0 Å². The topological polar surface area (TPSA) is 44.1 Å². The molecule has 0 unspecified atom stereocenters. The molecular formula is C18H18N2O2S. The number of benzene rings is 1. The number of aryl methyl sites for hydroxylation is 2. The van der Waals surface area contributed by atoms with Crippen LogP contribution in [0, 0.1) is 13.8 Å². The molecule has 0 radical (unpaired) electrons. The molecule has 118 valence electrons. The zero-order valence-electron chi connectivity index (χ0n) is 13.4. The molecule has 0 aliphatic carbocycles. The fourth-order valence-electron chi connectivity index (χ4n) is 2.44. The summed E-state index contributed by atoms with van der Waals surface area (Å²) in [5.74, 6) is 0.871. The largest absolute Gasteiger partial charge is 0.496 e. The van der Waals surface area contributed by atoms with Crippen LogP contribution in [0.1, 0.15) is 16.1 Å². The number of nitrogens with zero attached hydrogens (tertiary/aromatic N) is 2. The first-order valence-electron chi connectivity index (χ1n) is 7.33. The third kappa shape index (κ3) is 3.35. The van der Waals surface area contributed by atoms with E-state index >= 15 is 0 Å². The molecule has 5 heteroatoms. The van der Waals surface area contributed by atoms with Crippen molar-refractivity contribution in [1.82, 2.24) is 9.55 Å². The molecule has 4 nitrogen and oxygen atoms in total. The SMILES string of the molecule is COc1ccc(-c2csc(Cn3ccc(C)cc3=O)n2)cc1C. The Morgan fingerprint density at radius 2 is 2.04 bits per heavy atom. The van der Waals surface area contributed by atoms with Gasteiger partial charge in [0.15, 0.2) is 0 Å². The average Bonchev–Trinajstić information content (AvgIpc) is 2.98. The van der Waals surface area contributed by atoms with Gasteiger partial charge in [-0.3, -0.25) is 4.79 Å². The third-order valence-corrected chi connectivity index (χ3v) is 4.53. The van der Waals surface area contributed by atoms with Gasteiger partial charge in [-0.2, -0.15) is 0 Å². The maximum Gasteiger partial charge on any atom is 0.251 e. The highest BCUT2D eigenvalue weighted by atomic mass is 32.1. The molecule has 0 bridgehead atoms. The van der Waals surface area contributed by atoms with Crippen molar-refractivity contribution in [3.8, 4) is 17.0 Å². The molecular weight excluding hydrogens is 308 g/mol. The van der Waals surface area contributed by atoms with E-state index in [4.69, 9.17) is 4.74 Å². The molecule has 0 aliphatic heterocycles. The first-order valence-corrected chi connectivity index (χ1v) is 8.21. The first kappa shape index (κ1) is 15.5. The van der Waals surface area contributed by atoms with E-state index in [9.17, 15) is 4.79 Å². The van der Waals surface area contributed by atoms with E-state index in [0.717, 1.165) is 33.1 Å². The molecule has 3 rings (SSSR count). The smallest absolute Gasteiger partial charge is 0.251 e. The fourth-order valence-corrected chi connectivity index (χ4v) is 3.24. The number of methoxy groups -OCH3 is 1. The third-order valence-electron chi connectivity index (χ3n) is 3.70. The number of ether oxygens (including phenoxy) is 1. The van der Waals surface area contributed by atoms with E-state index in [1.807, 2.05) is 43.6 Å². The monoisotopic (exact) mass is 326 g/mol. The van der Waals surface area contributed by atoms with Crippen LogP contribution in [0.15, 0.2) is 46.7 Å². The standard InChI is InChI=1S/C18H18N2O2S/c1-12-6-7-20(18(21)8-12)10-17-19-15(11-23-17)14-4-5-16(22-3)13(2)9-14/h4-9,11H,10H2,1-3H3. The van der Waals surface area contributed by atoms with Gasteiger partial charge in [0.05, 0.1) is 19.3 Å². The van der Waals surface area contributed by atoms with E-state index < -0.39 is 0 Å². The number of rotatable bonds is 4. The second-order valence-electron chi connectivity index (χ2n) is 5.48. The quantitative estimate of drug-likeness (QED) is 0.735. The summed E-state index contributed by atoms with van der Waals surface area (Å²) in [5, 5.41) is 2.94. The van der Waals surface area contributed by atoms with Crippen LogP contribution in [0.4, 0.5) is 0 Å². The van der Waals surface area contributed by atoms with Crippen LogP contribution in [-0.4, -0.2) is 16.7 Å². The highest BCUT2D eigenvalue weighted by molar-refractivity contribution is 7.09. The van der Waals surface area contributed by atoms with Gasteiger partial charge in [-0.1, -0.05) is 0 Å². The summed E-state index contributed by atoms with van der Waals surface area (Å²) in [6.45, 7) is 4.43. The summed E-state index contributed by atoms with van der Waals surface area (Å²) in [4.78, 5) is 16.6. The molecule has 2 aromatic heterocycles. The summed E-state index contributed by atoms with van der Waals surface area (Å²) in [5.41, 5.74) is 4.04. The normalized spacial score (nSPS) is 10.7. The molecule has 1 aromatic carbocycles. The van der Waals surface area contributed by atoms with E-state index in [1.165, 1.54) is 0 Å².